The van der Waals surface area contributed by atoms with E-state index in [9.17, 15) is 9.18 Å². The third-order valence-electron chi connectivity index (χ3n) is 2.86. The van der Waals surface area contributed by atoms with Crippen LogP contribution in [0.4, 0.5) is 4.39 Å². The van der Waals surface area contributed by atoms with E-state index in [-0.39, 0.29) is 12.4 Å². The van der Waals surface area contributed by atoms with Gasteiger partial charge in [-0.1, -0.05) is 37.3 Å². The van der Waals surface area contributed by atoms with Gasteiger partial charge in [-0.05, 0) is 18.4 Å². The normalized spacial score (nSPS) is 10.9. The van der Waals surface area contributed by atoms with Gasteiger partial charge >= 0.3 is 0 Å². The summed E-state index contributed by atoms with van der Waals surface area (Å²) in [6.45, 7) is 4.39. The molecule has 0 radical (unpaired) electrons. The van der Waals surface area contributed by atoms with Crippen molar-refractivity contribution in [1.29, 1.82) is 0 Å². The predicted octanol–water partition coefficient (Wildman–Crippen LogP) is 2.48. The van der Waals surface area contributed by atoms with E-state index in [4.69, 9.17) is 0 Å². The lowest BCUT2D eigenvalue weighted by molar-refractivity contribution is 0.111. The first-order valence-corrected chi connectivity index (χ1v) is 6.22. The van der Waals surface area contributed by atoms with Crippen LogP contribution in [0, 0.1) is 11.7 Å². The Kier molecular flexibility index (Phi) is 4.04. The molecule has 0 N–H and O–H groups in total. The molecular formula is C14H16FN3O. The molecule has 100 valence electrons. The molecule has 2 aromatic rings. The first-order valence-electron chi connectivity index (χ1n) is 6.22. The average Bonchev–Trinajstić information content (AvgIpc) is 2.74. The molecule has 0 aliphatic rings. The zero-order chi connectivity index (χ0) is 13.8. The van der Waals surface area contributed by atoms with E-state index in [0.717, 1.165) is 5.69 Å². The monoisotopic (exact) mass is 261 g/mol. The second-order valence-corrected chi connectivity index (χ2v) is 4.89. The van der Waals surface area contributed by atoms with E-state index in [0.29, 0.717) is 29.9 Å². The zero-order valence-electron chi connectivity index (χ0n) is 11.0. The van der Waals surface area contributed by atoms with Crippen molar-refractivity contribution in [3.8, 4) is 0 Å². The number of halogens is 1. The molecule has 0 aliphatic carbocycles. The molecule has 4 nitrogen and oxygen atoms in total. The van der Waals surface area contributed by atoms with Gasteiger partial charge in [-0.2, -0.15) is 0 Å². The van der Waals surface area contributed by atoms with Crippen LogP contribution in [0.3, 0.4) is 0 Å². The summed E-state index contributed by atoms with van der Waals surface area (Å²) in [5.74, 6) is 0.0951. The van der Waals surface area contributed by atoms with E-state index in [2.05, 4.69) is 24.2 Å². The van der Waals surface area contributed by atoms with E-state index in [1.165, 1.54) is 6.07 Å². The van der Waals surface area contributed by atoms with Gasteiger partial charge in [0, 0.05) is 5.56 Å². The fraction of sp³-hybridized carbons (Fsp3) is 0.357. The van der Waals surface area contributed by atoms with E-state index in [1.807, 2.05) is 0 Å². The molecule has 0 unspecified atom stereocenters. The molecule has 0 fully saturated rings. The second kappa shape index (κ2) is 5.73. The highest BCUT2D eigenvalue weighted by Gasteiger charge is 2.14. The number of benzene rings is 1. The number of carbonyl (C=O) groups excluding carboxylic acids is 1. The molecule has 0 spiro atoms. The summed E-state index contributed by atoms with van der Waals surface area (Å²) in [6, 6.07) is 6.54. The van der Waals surface area contributed by atoms with E-state index >= 15 is 0 Å². The van der Waals surface area contributed by atoms with Crippen LogP contribution in [0.15, 0.2) is 24.3 Å². The minimum absolute atomic E-state index is 0.277. The van der Waals surface area contributed by atoms with Crippen LogP contribution in [0.5, 0.6) is 0 Å². The van der Waals surface area contributed by atoms with Crippen LogP contribution in [-0.4, -0.2) is 21.3 Å². The summed E-state index contributed by atoms with van der Waals surface area (Å²) in [5, 5.41) is 7.78. The van der Waals surface area contributed by atoms with Gasteiger partial charge in [0.25, 0.3) is 0 Å². The molecule has 1 aromatic heterocycles. The van der Waals surface area contributed by atoms with Crippen molar-refractivity contribution < 1.29 is 9.18 Å². The van der Waals surface area contributed by atoms with Crippen LogP contribution in [0.25, 0.3) is 0 Å². The molecule has 1 aromatic carbocycles. The number of rotatable bonds is 5. The third kappa shape index (κ3) is 3.05. The lowest BCUT2D eigenvalue weighted by Gasteiger charge is -2.09. The molecule has 2 rings (SSSR count). The quantitative estimate of drug-likeness (QED) is 0.777. The molecule has 0 saturated heterocycles. The number of nitrogens with zero attached hydrogens (tertiary/aromatic N) is 3. The third-order valence-corrected chi connectivity index (χ3v) is 2.86. The molecule has 0 saturated carbocycles. The van der Waals surface area contributed by atoms with Gasteiger partial charge in [0.05, 0.1) is 12.2 Å². The highest BCUT2D eigenvalue weighted by molar-refractivity contribution is 5.73. The van der Waals surface area contributed by atoms with Gasteiger partial charge in [-0.15, -0.1) is 5.10 Å². The number of hydrogen-bond donors (Lipinski definition) is 0. The van der Waals surface area contributed by atoms with Crippen molar-refractivity contribution in [3.63, 3.8) is 0 Å². The maximum absolute atomic E-state index is 13.6. The number of carbonyl (C=O) groups is 1. The summed E-state index contributed by atoms with van der Waals surface area (Å²) in [6.07, 6.45) is 1.39. The lowest BCUT2D eigenvalue weighted by atomic mass is 10.1. The molecule has 0 bridgehead atoms. The number of hydrogen-bond acceptors (Lipinski definition) is 3. The van der Waals surface area contributed by atoms with Crippen LogP contribution < -0.4 is 0 Å². The molecule has 1 heterocycles. The standard InChI is InChI=1S/C14H16FN3O/c1-10(2)7-14-13(9-19)16-17-18(14)8-11-5-3-4-6-12(11)15/h3-6,9-10H,7-8H2,1-2H3. The number of aromatic nitrogens is 3. The van der Waals surface area contributed by atoms with E-state index < -0.39 is 0 Å². The van der Waals surface area contributed by atoms with Crippen molar-refractivity contribution >= 4 is 6.29 Å². The van der Waals surface area contributed by atoms with Crippen molar-refractivity contribution in [2.45, 2.75) is 26.8 Å². The largest absolute Gasteiger partial charge is 0.296 e. The fourth-order valence-corrected chi connectivity index (χ4v) is 1.95. The Morgan fingerprint density at radius 2 is 2.11 bits per heavy atom. The highest BCUT2D eigenvalue weighted by atomic mass is 19.1. The van der Waals surface area contributed by atoms with Crippen LogP contribution >= 0.6 is 0 Å². The van der Waals surface area contributed by atoms with Gasteiger partial charge in [0.15, 0.2) is 6.29 Å². The topological polar surface area (TPSA) is 47.8 Å². The van der Waals surface area contributed by atoms with Crippen molar-refractivity contribution in [1.82, 2.24) is 15.0 Å². The second-order valence-electron chi connectivity index (χ2n) is 4.89. The van der Waals surface area contributed by atoms with Crippen LogP contribution in [0.1, 0.15) is 35.6 Å². The molecule has 0 amide bonds. The van der Waals surface area contributed by atoms with Gasteiger partial charge < -0.3 is 0 Å². The Balaban J connectivity index is 2.32. The summed E-state index contributed by atoms with van der Waals surface area (Å²) in [4.78, 5) is 11.0. The Labute approximate surface area is 111 Å². The lowest BCUT2D eigenvalue weighted by Crippen LogP contribution is -2.11. The van der Waals surface area contributed by atoms with Crippen LogP contribution in [-0.2, 0) is 13.0 Å². The first kappa shape index (κ1) is 13.4. The Morgan fingerprint density at radius 1 is 1.37 bits per heavy atom. The molecular weight excluding hydrogens is 245 g/mol. The summed E-state index contributed by atoms with van der Waals surface area (Å²) >= 11 is 0. The van der Waals surface area contributed by atoms with Gasteiger partial charge in [0.1, 0.15) is 11.5 Å². The van der Waals surface area contributed by atoms with Crippen LogP contribution in [0.2, 0.25) is 0 Å². The van der Waals surface area contributed by atoms with Gasteiger partial charge in [-0.25, -0.2) is 9.07 Å². The summed E-state index contributed by atoms with van der Waals surface area (Å²) < 4.78 is 15.2. The maximum Gasteiger partial charge on any atom is 0.172 e. The summed E-state index contributed by atoms with van der Waals surface area (Å²) in [7, 11) is 0. The van der Waals surface area contributed by atoms with E-state index in [1.54, 1.807) is 22.9 Å². The Hall–Kier alpha value is -2.04. The SMILES string of the molecule is CC(C)Cc1c(C=O)nnn1Cc1ccccc1F. The van der Waals surface area contributed by atoms with Gasteiger partial charge in [-0.3, -0.25) is 4.79 Å². The smallest absolute Gasteiger partial charge is 0.172 e. The Bertz CT molecular complexity index is 578. The predicted molar refractivity (Wildman–Crippen MR) is 69.5 cm³/mol. The van der Waals surface area contributed by atoms with Crippen molar-refractivity contribution in [2.75, 3.05) is 0 Å². The average molecular weight is 261 g/mol. The highest BCUT2D eigenvalue weighted by Crippen LogP contribution is 2.14. The maximum atomic E-state index is 13.6. The molecule has 19 heavy (non-hydrogen) atoms. The Morgan fingerprint density at radius 3 is 2.74 bits per heavy atom. The minimum atomic E-state index is -0.277. The minimum Gasteiger partial charge on any atom is -0.296 e. The molecule has 5 heteroatoms. The summed E-state index contributed by atoms with van der Waals surface area (Å²) in [5.41, 5.74) is 1.63. The molecule has 0 atom stereocenters. The zero-order valence-corrected chi connectivity index (χ0v) is 11.0. The van der Waals surface area contributed by atoms with Crippen molar-refractivity contribution in [3.05, 3.63) is 47.0 Å². The number of aldehydes is 1. The fourth-order valence-electron chi connectivity index (χ4n) is 1.95. The van der Waals surface area contributed by atoms with Crippen molar-refractivity contribution in [2.24, 2.45) is 5.92 Å². The first-order chi connectivity index (χ1) is 9.11. The molecule has 0 aliphatic heterocycles. The van der Waals surface area contributed by atoms with Gasteiger partial charge in [0.2, 0.25) is 0 Å².